The molecule has 6 nitrogen and oxygen atoms in total. The van der Waals surface area contributed by atoms with Crippen LogP contribution in [0.4, 0.5) is 0 Å². The lowest BCUT2D eigenvalue weighted by atomic mass is 9.70. The number of aliphatic hydroxyl groups is 1. The number of carbonyl (C=O) groups excluding carboxylic acids is 1. The van der Waals surface area contributed by atoms with Crippen LogP contribution in [0.5, 0.6) is 0 Å². The van der Waals surface area contributed by atoms with Gasteiger partial charge in [0.15, 0.2) is 23.5 Å². The van der Waals surface area contributed by atoms with Crippen LogP contribution in [0.15, 0.2) is 0 Å². The summed E-state index contributed by atoms with van der Waals surface area (Å²) in [7, 11) is 0. The fourth-order valence-electron chi connectivity index (χ4n) is 3.70. The van der Waals surface area contributed by atoms with Gasteiger partial charge in [0.1, 0.15) is 11.7 Å². The summed E-state index contributed by atoms with van der Waals surface area (Å²) in [6, 6.07) is 0. The number of hydrogen-bond acceptors (Lipinski definition) is 6. The Labute approximate surface area is 124 Å². The number of Topliss-reactive ketones (excluding diaryl/α,β-unsaturated/α-hetero) is 1. The lowest BCUT2D eigenvalue weighted by Gasteiger charge is -2.46. The van der Waals surface area contributed by atoms with E-state index in [1.165, 1.54) is 0 Å². The number of fused-ring (bicyclic) bond motifs is 2. The van der Waals surface area contributed by atoms with Gasteiger partial charge in [0.2, 0.25) is 0 Å². The summed E-state index contributed by atoms with van der Waals surface area (Å²) in [6.45, 7) is 10.3. The minimum Gasteiger partial charge on any atom is -0.387 e. The van der Waals surface area contributed by atoms with E-state index >= 15 is 0 Å². The Kier molecular flexibility index (Phi) is 2.97. The second kappa shape index (κ2) is 4.06. The smallest absolute Gasteiger partial charge is 0.196 e. The molecule has 3 aliphatic rings. The van der Waals surface area contributed by atoms with E-state index in [0.717, 1.165) is 0 Å². The normalized spacial score (nSPS) is 44.5. The quantitative estimate of drug-likeness (QED) is 0.783. The van der Waals surface area contributed by atoms with Crippen molar-refractivity contribution >= 4 is 5.78 Å². The first kappa shape index (κ1) is 15.4. The van der Waals surface area contributed by atoms with E-state index in [4.69, 9.17) is 18.9 Å². The summed E-state index contributed by atoms with van der Waals surface area (Å²) in [5.74, 6) is -1.97. The monoisotopic (exact) mass is 300 g/mol. The van der Waals surface area contributed by atoms with Gasteiger partial charge in [-0.1, -0.05) is 0 Å². The second-order valence-electron chi connectivity index (χ2n) is 7.65. The van der Waals surface area contributed by atoms with Crippen molar-refractivity contribution in [3.8, 4) is 0 Å². The van der Waals surface area contributed by atoms with Gasteiger partial charge in [-0.05, 0) is 41.5 Å². The van der Waals surface area contributed by atoms with Crippen molar-refractivity contribution in [1.29, 1.82) is 0 Å². The maximum atomic E-state index is 12.8. The molecule has 1 aliphatic carbocycles. The highest BCUT2D eigenvalue weighted by molar-refractivity contribution is 5.91. The summed E-state index contributed by atoms with van der Waals surface area (Å²) in [4.78, 5) is 12.8. The van der Waals surface area contributed by atoms with E-state index in [2.05, 4.69) is 0 Å². The van der Waals surface area contributed by atoms with Crippen LogP contribution in [0.3, 0.4) is 0 Å². The molecule has 0 aromatic carbocycles. The summed E-state index contributed by atoms with van der Waals surface area (Å²) >= 11 is 0. The zero-order chi connectivity index (χ0) is 15.8. The van der Waals surface area contributed by atoms with Crippen molar-refractivity contribution in [2.45, 2.75) is 89.1 Å². The van der Waals surface area contributed by atoms with Gasteiger partial charge in [-0.25, -0.2) is 0 Å². The fraction of sp³-hybridized carbons (Fsp3) is 0.933. The molecule has 0 aromatic rings. The molecule has 3 rings (SSSR count). The van der Waals surface area contributed by atoms with Crippen LogP contribution in [0.25, 0.3) is 0 Å². The first-order valence-corrected chi connectivity index (χ1v) is 7.37. The molecule has 4 atom stereocenters. The molecule has 0 spiro atoms. The van der Waals surface area contributed by atoms with Crippen molar-refractivity contribution < 1.29 is 28.8 Å². The van der Waals surface area contributed by atoms with Crippen molar-refractivity contribution in [1.82, 2.24) is 0 Å². The van der Waals surface area contributed by atoms with Gasteiger partial charge in [0.05, 0.1) is 11.7 Å². The number of ketones is 1. The second-order valence-corrected chi connectivity index (χ2v) is 7.65. The summed E-state index contributed by atoms with van der Waals surface area (Å²) in [6.07, 6.45) is -1.61. The lowest BCUT2D eigenvalue weighted by molar-refractivity contribution is -0.220. The van der Waals surface area contributed by atoms with Crippen molar-refractivity contribution in [3.05, 3.63) is 0 Å². The molecule has 0 aromatic heterocycles. The standard InChI is InChI=1S/C15H24O6/c1-12(2,17)15-7-8-10(19-13(3,4)18-8)9(16)11(15)20-14(5,6)21-15/h8,10-11,17H,7H2,1-6H3/t8-,10-,11+,15-/m1/s1. The molecule has 0 amide bonds. The molecule has 21 heavy (non-hydrogen) atoms. The Bertz CT molecular complexity index is 477. The van der Waals surface area contributed by atoms with Crippen LogP contribution in [0.1, 0.15) is 48.0 Å². The minimum atomic E-state index is -1.25. The average molecular weight is 300 g/mol. The van der Waals surface area contributed by atoms with Crippen molar-refractivity contribution in [3.63, 3.8) is 0 Å². The minimum absolute atomic E-state index is 0.218. The zero-order valence-corrected chi connectivity index (χ0v) is 13.4. The summed E-state index contributed by atoms with van der Waals surface area (Å²) in [5.41, 5.74) is -2.37. The SMILES string of the molecule is CC1(C)O[C@@H]2C[C@@]3(C(C)(C)O)OC(C)(C)O[C@H]3C(=O)[C@@H]2O1. The van der Waals surface area contributed by atoms with Crippen molar-refractivity contribution in [2.24, 2.45) is 0 Å². The molecule has 120 valence electrons. The van der Waals surface area contributed by atoms with E-state index in [0.29, 0.717) is 6.42 Å². The first-order chi connectivity index (χ1) is 9.37. The Morgan fingerprint density at radius 2 is 1.71 bits per heavy atom. The van der Waals surface area contributed by atoms with Crippen LogP contribution in [0, 0.1) is 0 Å². The Morgan fingerprint density at radius 3 is 2.29 bits per heavy atom. The zero-order valence-electron chi connectivity index (χ0n) is 13.4. The topological polar surface area (TPSA) is 74.2 Å². The summed E-state index contributed by atoms with van der Waals surface area (Å²) < 4.78 is 23.4. The van der Waals surface area contributed by atoms with Crippen LogP contribution in [-0.2, 0) is 23.7 Å². The van der Waals surface area contributed by atoms with Gasteiger partial charge in [0, 0.05) is 6.42 Å². The molecule has 1 N–H and O–H groups in total. The predicted molar refractivity (Wildman–Crippen MR) is 72.5 cm³/mol. The fourth-order valence-corrected chi connectivity index (χ4v) is 3.70. The third-order valence-electron chi connectivity index (χ3n) is 4.52. The molecule has 2 aliphatic heterocycles. The molecular formula is C15H24O6. The first-order valence-electron chi connectivity index (χ1n) is 7.37. The van der Waals surface area contributed by atoms with Gasteiger partial charge < -0.3 is 24.1 Å². The van der Waals surface area contributed by atoms with E-state index < -0.39 is 41.1 Å². The molecule has 0 bridgehead atoms. The maximum absolute atomic E-state index is 12.8. The molecule has 3 fully saturated rings. The number of carbonyl (C=O) groups is 1. The number of rotatable bonds is 1. The van der Waals surface area contributed by atoms with E-state index in [1.54, 1.807) is 41.5 Å². The summed E-state index contributed by atoms with van der Waals surface area (Å²) in [5, 5.41) is 10.6. The Balaban J connectivity index is 2.03. The third-order valence-corrected chi connectivity index (χ3v) is 4.52. The van der Waals surface area contributed by atoms with Crippen LogP contribution >= 0.6 is 0 Å². The van der Waals surface area contributed by atoms with Gasteiger partial charge in [0.25, 0.3) is 0 Å². The van der Waals surface area contributed by atoms with E-state index in [1.807, 2.05) is 0 Å². The molecule has 2 saturated heterocycles. The molecule has 1 saturated carbocycles. The molecule has 6 heteroatoms. The predicted octanol–water partition coefficient (Wildman–Crippen LogP) is 1.14. The van der Waals surface area contributed by atoms with Gasteiger partial charge in [-0.15, -0.1) is 0 Å². The van der Waals surface area contributed by atoms with Gasteiger partial charge >= 0.3 is 0 Å². The molecule has 0 radical (unpaired) electrons. The van der Waals surface area contributed by atoms with Crippen LogP contribution in [-0.4, -0.2) is 52.0 Å². The van der Waals surface area contributed by atoms with E-state index in [9.17, 15) is 9.90 Å². The highest BCUT2D eigenvalue weighted by atomic mass is 16.8. The molecule has 2 heterocycles. The Morgan fingerprint density at radius 1 is 1.10 bits per heavy atom. The number of ether oxygens (including phenoxy) is 4. The highest BCUT2D eigenvalue weighted by Gasteiger charge is 2.70. The van der Waals surface area contributed by atoms with Gasteiger partial charge in [-0.2, -0.15) is 0 Å². The lowest BCUT2D eigenvalue weighted by Crippen LogP contribution is -2.66. The van der Waals surface area contributed by atoms with Crippen LogP contribution in [0.2, 0.25) is 0 Å². The van der Waals surface area contributed by atoms with E-state index in [-0.39, 0.29) is 5.78 Å². The molecule has 0 unspecified atom stereocenters. The average Bonchev–Trinajstić information content (AvgIpc) is 2.71. The largest absolute Gasteiger partial charge is 0.387 e. The Hall–Kier alpha value is -0.530. The molecular weight excluding hydrogens is 276 g/mol. The third kappa shape index (κ3) is 2.16. The maximum Gasteiger partial charge on any atom is 0.196 e. The van der Waals surface area contributed by atoms with Gasteiger partial charge in [-0.3, -0.25) is 4.79 Å². The highest BCUT2D eigenvalue weighted by Crippen LogP contribution is 2.52. The van der Waals surface area contributed by atoms with Crippen molar-refractivity contribution in [2.75, 3.05) is 0 Å². The van der Waals surface area contributed by atoms with Crippen LogP contribution < -0.4 is 0 Å². The number of hydrogen-bond donors (Lipinski definition) is 1.